The lowest BCUT2D eigenvalue weighted by Crippen LogP contribution is -2.29. The highest BCUT2D eigenvalue weighted by Crippen LogP contribution is 2.42. The van der Waals surface area contributed by atoms with Gasteiger partial charge in [-0.25, -0.2) is 0 Å². The van der Waals surface area contributed by atoms with Crippen molar-refractivity contribution in [3.05, 3.63) is 88.3 Å². The highest BCUT2D eigenvalue weighted by Gasteiger charge is 2.43. The number of ether oxygens (including phenoxy) is 2. The van der Waals surface area contributed by atoms with Gasteiger partial charge < -0.3 is 19.4 Å². The van der Waals surface area contributed by atoms with E-state index in [0.717, 1.165) is 5.56 Å². The number of carbonyl (C=O) groups excluding carboxylic acids is 1. The van der Waals surface area contributed by atoms with Crippen molar-refractivity contribution in [2.24, 2.45) is 0 Å². The summed E-state index contributed by atoms with van der Waals surface area (Å²) in [4.78, 5) is 25.2. The second-order valence-corrected chi connectivity index (χ2v) is 6.12. The topological polar surface area (TPSA) is 69.6 Å². The number of nitrogens with one attached hydrogen (secondary N) is 1. The number of halogens is 2. The fourth-order valence-electron chi connectivity index (χ4n) is 2.84. The molecule has 1 N–H and O–H groups in total. The Morgan fingerprint density at radius 1 is 1.00 bits per heavy atom. The van der Waals surface area contributed by atoms with Crippen LogP contribution in [0.5, 0.6) is 11.5 Å². The number of fused-ring (bicyclic) bond motifs is 1. The number of alkyl halides is 2. The summed E-state index contributed by atoms with van der Waals surface area (Å²) in [5.74, 6) is -0.983. The van der Waals surface area contributed by atoms with Gasteiger partial charge in [-0.05, 0) is 29.8 Å². The van der Waals surface area contributed by atoms with Crippen molar-refractivity contribution in [3.63, 3.8) is 0 Å². The molecule has 0 aliphatic carbocycles. The van der Waals surface area contributed by atoms with Crippen LogP contribution in [0.1, 0.15) is 15.9 Å². The molecule has 0 saturated heterocycles. The van der Waals surface area contributed by atoms with Crippen LogP contribution in [0.3, 0.4) is 0 Å². The van der Waals surface area contributed by atoms with Crippen molar-refractivity contribution in [2.45, 2.75) is 12.8 Å². The first-order valence-corrected chi connectivity index (χ1v) is 8.36. The molecule has 0 radical (unpaired) electrons. The maximum atomic E-state index is 13.1. The minimum Gasteiger partial charge on any atom is -0.395 e. The van der Waals surface area contributed by atoms with Gasteiger partial charge in [0.1, 0.15) is 5.56 Å². The van der Waals surface area contributed by atoms with Gasteiger partial charge in [0.05, 0.1) is 6.54 Å². The zero-order chi connectivity index (χ0) is 19.7. The number of benzene rings is 2. The molecule has 0 saturated carbocycles. The smallest absolute Gasteiger partial charge is 0.395 e. The molecule has 1 aliphatic heterocycles. The Hall–Kier alpha value is -3.68. The first-order chi connectivity index (χ1) is 13.4. The van der Waals surface area contributed by atoms with Gasteiger partial charge >= 0.3 is 6.29 Å². The van der Waals surface area contributed by atoms with Crippen LogP contribution < -0.4 is 20.3 Å². The summed E-state index contributed by atoms with van der Waals surface area (Å²) >= 11 is 0. The van der Waals surface area contributed by atoms with E-state index in [-0.39, 0.29) is 22.7 Å². The van der Waals surface area contributed by atoms with E-state index in [1.165, 1.54) is 28.8 Å². The van der Waals surface area contributed by atoms with Crippen LogP contribution in [0.2, 0.25) is 0 Å². The van der Waals surface area contributed by atoms with Crippen molar-refractivity contribution >= 4 is 11.6 Å². The predicted octanol–water partition coefficient (Wildman–Crippen LogP) is 3.47. The minimum absolute atomic E-state index is 0.0681. The normalized spacial score (nSPS) is 13.9. The second kappa shape index (κ2) is 6.80. The lowest BCUT2D eigenvalue weighted by atomic mass is 10.2. The van der Waals surface area contributed by atoms with E-state index in [9.17, 15) is 18.4 Å². The third-order valence-electron chi connectivity index (χ3n) is 4.12. The van der Waals surface area contributed by atoms with Crippen LogP contribution >= 0.6 is 0 Å². The third kappa shape index (κ3) is 3.57. The standard InChI is InChI=1S/C20H14F2N2O4/c21-20(22)27-16-9-8-14(11-17(16)28-20)23-18(25)15-7-4-10-24(19(15)26)12-13-5-2-1-3-6-13/h1-11H,12H2,(H,23,25). The summed E-state index contributed by atoms with van der Waals surface area (Å²) < 4.78 is 36.3. The van der Waals surface area contributed by atoms with Crippen LogP contribution in [-0.4, -0.2) is 16.8 Å². The number of aromatic nitrogens is 1. The van der Waals surface area contributed by atoms with Gasteiger partial charge in [-0.1, -0.05) is 30.3 Å². The molecule has 2 heterocycles. The molecule has 0 atom stereocenters. The largest absolute Gasteiger partial charge is 0.586 e. The molecule has 8 heteroatoms. The minimum atomic E-state index is -3.74. The highest BCUT2D eigenvalue weighted by molar-refractivity contribution is 6.04. The second-order valence-electron chi connectivity index (χ2n) is 6.12. The molecule has 0 spiro atoms. The monoisotopic (exact) mass is 384 g/mol. The summed E-state index contributed by atoms with van der Waals surface area (Å²) in [6, 6.07) is 16.2. The molecule has 6 nitrogen and oxygen atoms in total. The SMILES string of the molecule is O=C(Nc1ccc2c(c1)OC(F)(F)O2)c1cccn(Cc2ccccc2)c1=O. The molecule has 1 aliphatic rings. The molecular weight excluding hydrogens is 370 g/mol. The summed E-state index contributed by atoms with van der Waals surface area (Å²) in [5, 5.41) is 2.51. The van der Waals surface area contributed by atoms with Gasteiger partial charge in [-0.15, -0.1) is 8.78 Å². The summed E-state index contributed by atoms with van der Waals surface area (Å²) in [7, 11) is 0. The average Bonchev–Trinajstić information content (AvgIpc) is 2.97. The van der Waals surface area contributed by atoms with Crippen molar-refractivity contribution < 1.29 is 23.0 Å². The molecule has 28 heavy (non-hydrogen) atoms. The van der Waals surface area contributed by atoms with Crippen molar-refractivity contribution in [3.8, 4) is 11.5 Å². The zero-order valence-corrected chi connectivity index (χ0v) is 14.4. The molecule has 0 fully saturated rings. The fraction of sp³-hybridized carbons (Fsp3) is 0.100. The predicted molar refractivity (Wildman–Crippen MR) is 96.8 cm³/mol. The Bertz CT molecular complexity index is 1100. The molecular formula is C20H14F2N2O4. The van der Waals surface area contributed by atoms with E-state index in [1.54, 1.807) is 12.3 Å². The summed E-state index contributed by atoms with van der Waals surface area (Å²) in [6.07, 6.45) is -2.15. The number of carbonyl (C=O) groups is 1. The Balaban J connectivity index is 1.55. The van der Waals surface area contributed by atoms with E-state index >= 15 is 0 Å². The average molecular weight is 384 g/mol. The Morgan fingerprint density at radius 2 is 1.75 bits per heavy atom. The Labute approximate surface area is 157 Å². The Morgan fingerprint density at radius 3 is 2.54 bits per heavy atom. The van der Waals surface area contributed by atoms with E-state index in [4.69, 9.17) is 0 Å². The van der Waals surface area contributed by atoms with Crippen LogP contribution in [0.4, 0.5) is 14.5 Å². The van der Waals surface area contributed by atoms with Crippen molar-refractivity contribution in [1.82, 2.24) is 4.57 Å². The van der Waals surface area contributed by atoms with Crippen molar-refractivity contribution in [1.29, 1.82) is 0 Å². The first kappa shape index (κ1) is 17.7. The Kier molecular flexibility index (Phi) is 4.31. The maximum absolute atomic E-state index is 13.1. The summed E-state index contributed by atoms with van der Waals surface area (Å²) in [5.41, 5.74) is 0.583. The quantitative estimate of drug-likeness (QED) is 0.748. The van der Waals surface area contributed by atoms with E-state index in [1.807, 2.05) is 30.3 Å². The zero-order valence-electron chi connectivity index (χ0n) is 14.4. The number of amides is 1. The number of pyridine rings is 1. The van der Waals surface area contributed by atoms with E-state index in [2.05, 4.69) is 14.8 Å². The van der Waals surface area contributed by atoms with Crippen LogP contribution in [-0.2, 0) is 6.54 Å². The molecule has 1 aromatic heterocycles. The van der Waals surface area contributed by atoms with Gasteiger partial charge in [-0.2, -0.15) is 0 Å². The first-order valence-electron chi connectivity index (χ1n) is 8.36. The van der Waals surface area contributed by atoms with Gasteiger partial charge in [-0.3, -0.25) is 9.59 Å². The lowest BCUT2D eigenvalue weighted by molar-refractivity contribution is -0.286. The molecule has 0 unspecified atom stereocenters. The van der Waals surface area contributed by atoms with Gasteiger partial charge in [0.25, 0.3) is 11.5 Å². The van der Waals surface area contributed by atoms with Crippen LogP contribution in [0.15, 0.2) is 71.7 Å². The molecule has 3 aromatic rings. The number of hydrogen-bond donors (Lipinski definition) is 1. The van der Waals surface area contributed by atoms with Gasteiger partial charge in [0.2, 0.25) is 0 Å². The number of hydrogen-bond acceptors (Lipinski definition) is 4. The third-order valence-corrected chi connectivity index (χ3v) is 4.12. The molecule has 4 rings (SSSR count). The van der Waals surface area contributed by atoms with Gasteiger partial charge in [0, 0.05) is 18.0 Å². The highest BCUT2D eigenvalue weighted by atomic mass is 19.3. The lowest BCUT2D eigenvalue weighted by Gasteiger charge is -2.09. The van der Waals surface area contributed by atoms with E-state index in [0.29, 0.717) is 6.54 Å². The number of nitrogens with zero attached hydrogens (tertiary/aromatic N) is 1. The number of anilines is 1. The summed E-state index contributed by atoms with van der Waals surface area (Å²) in [6.45, 7) is 0.319. The van der Waals surface area contributed by atoms with Crippen LogP contribution in [0, 0.1) is 0 Å². The molecule has 1 amide bonds. The maximum Gasteiger partial charge on any atom is 0.586 e. The molecule has 142 valence electrons. The molecule has 2 aromatic carbocycles. The van der Waals surface area contributed by atoms with Gasteiger partial charge in [0.15, 0.2) is 11.5 Å². The number of rotatable bonds is 4. The van der Waals surface area contributed by atoms with Crippen molar-refractivity contribution in [2.75, 3.05) is 5.32 Å². The molecule has 0 bridgehead atoms. The van der Waals surface area contributed by atoms with Crippen LogP contribution in [0.25, 0.3) is 0 Å². The van der Waals surface area contributed by atoms with E-state index < -0.39 is 17.8 Å². The fourth-order valence-corrected chi connectivity index (χ4v) is 2.84.